The third-order valence-electron chi connectivity index (χ3n) is 8.74. The molecule has 4 heterocycles. The molecule has 4 fully saturated rings. The normalized spacial score (nSPS) is 34.5. The molecule has 0 bridgehead atoms. The Labute approximate surface area is 291 Å². The molecule has 270 valence electrons. The van der Waals surface area contributed by atoms with E-state index in [9.17, 15) is 29.4 Å². The van der Waals surface area contributed by atoms with E-state index in [-0.39, 0.29) is 12.2 Å². The topological polar surface area (TPSA) is 204 Å². The van der Waals surface area contributed by atoms with E-state index < -0.39 is 109 Å². The van der Waals surface area contributed by atoms with Crippen LogP contribution < -0.4 is 5.32 Å². The largest absolute Gasteiger partial charge is 0.465 e. The second-order valence-corrected chi connectivity index (χ2v) is 12.5. The maximum atomic E-state index is 13.9. The van der Waals surface area contributed by atoms with E-state index in [0.717, 1.165) is 14.0 Å². The molecule has 2 aromatic carbocycles. The number of aliphatic hydroxyl groups is 2. The summed E-state index contributed by atoms with van der Waals surface area (Å²) < 4.78 is 53.3. The third-order valence-corrected chi connectivity index (χ3v) is 9.15. The van der Waals surface area contributed by atoms with Crippen molar-refractivity contribution in [3.63, 3.8) is 0 Å². The minimum absolute atomic E-state index is 0.0152. The number of thiol groups is 1. The van der Waals surface area contributed by atoms with Crippen molar-refractivity contribution in [2.45, 2.75) is 85.7 Å². The summed E-state index contributed by atoms with van der Waals surface area (Å²) in [7, 11) is 1.07. The predicted molar refractivity (Wildman–Crippen MR) is 168 cm³/mol. The van der Waals surface area contributed by atoms with E-state index in [0.29, 0.717) is 5.56 Å². The van der Waals surface area contributed by atoms with Crippen LogP contribution in [0.15, 0.2) is 60.7 Å². The van der Waals surface area contributed by atoms with E-state index in [1.165, 1.54) is 0 Å². The number of methoxy groups -OCH3 is 1. The molecular formula is C33H37NO15S. The highest BCUT2D eigenvalue weighted by atomic mass is 32.1. The Hall–Kier alpha value is -3.81. The van der Waals surface area contributed by atoms with Crippen molar-refractivity contribution in [3.05, 3.63) is 71.8 Å². The van der Waals surface area contributed by atoms with Gasteiger partial charge in [0.05, 0.1) is 38.3 Å². The summed E-state index contributed by atoms with van der Waals surface area (Å²) in [6.45, 7) is 0.170. The number of hydrogen-bond donors (Lipinski definition) is 4. The minimum atomic E-state index is -2.47. The number of carbonyl (C=O) groups is 4. The lowest BCUT2D eigenvalue weighted by Crippen LogP contribution is -2.69. The van der Waals surface area contributed by atoms with Gasteiger partial charge in [-0.1, -0.05) is 48.5 Å². The van der Waals surface area contributed by atoms with Gasteiger partial charge in [-0.2, -0.15) is 0 Å². The first-order valence-corrected chi connectivity index (χ1v) is 16.3. The molecule has 0 spiro atoms. The molecule has 12 atom stereocenters. The maximum Gasteiger partial charge on any atom is 0.407 e. The Morgan fingerprint density at radius 3 is 2.40 bits per heavy atom. The Kier molecular flexibility index (Phi) is 10.9. The van der Waals surface area contributed by atoms with Crippen molar-refractivity contribution in [1.29, 1.82) is 0 Å². The van der Waals surface area contributed by atoms with E-state index >= 15 is 0 Å². The molecule has 1 amide bonds. The molecule has 4 aliphatic heterocycles. The summed E-state index contributed by atoms with van der Waals surface area (Å²) >= 11 is 4.59. The van der Waals surface area contributed by atoms with Crippen molar-refractivity contribution < 1.29 is 72.0 Å². The highest BCUT2D eigenvalue weighted by molar-refractivity contribution is 7.80. The van der Waals surface area contributed by atoms with E-state index in [1.807, 2.05) is 6.07 Å². The lowest BCUT2D eigenvalue weighted by Gasteiger charge is -2.51. The van der Waals surface area contributed by atoms with E-state index in [1.54, 1.807) is 54.6 Å². The van der Waals surface area contributed by atoms with Crippen LogP contribution in [0.5, 0.6) is 0 Å². The number of amides is 1. The molecule has 3 N–H and O–H groups in total. The predicted octanol–water partition coefficient (Wildman–Crippen LogP) is 0.786. The summed E-state index contributed by atoms with van der Waals surface area (Å²) in [6.07, 6.45) is -13.0. The monoisotopic (exact) mass is 719 g/mol. The Balaban J connectivity index is 1.41. The van der Waals surface area contributed by atoms with Gasteiger partial charge in [0.2, 0.25) is 0 Å². The van der Waals surface area contributed by atoms with Crippen LogP contribution in [0.4, 0.5) is 4.79 Å². The number of esters is 3. The van der Waals surface area contributed by atoms with Crippen LogP contribution in [-0.2, 0) is 52.2 Å². The molecule has 0 saturated carbocycles. The molecule has 4 saturated heterocycles. The van der Waals surface area contributed by atoms with Gasteiger partial charge in [0.1, 0.15) is 42.1 Å². The zero-order chi connectivity index (χ0) is 35.6. The second-order valence-electron chi connectivity index (χ2n) is 12.0. The average Bonchev–Trinajstić information content (AvgIpc) is 3.51. The third kappa shape index (κ3) is 7.31. The minimum Gasteiger partial charge on any atom is -0.465 e. The molecule has 4 aliphatic rings. The van der Waals surface area contributed by atoms with Gasteiger partial charge in [-0.3, -0.25) is 4.79 Å². The van der Waals surface area contributed by atoms with Gasteiger partial charge in [0.25, 0.3) is 5.79 Å². The zero-order valence-electron chi connectivity index (χ0n) is 26.9. The first-order valence-electron chi connectivity index (χ1n) is 15.8. The number of hydrogen-bond acceptors (Lipinski definition) is 16. The van der Waals surface area contributed by atoms with Gasteiger partial charge < -0.3 is 58.2 Å². The number of benzene rings is 2. The van der Waals surface area contributed by atoms with Crippen LogP contribution in [0.25, 0.3) is 0 Å². The molecular weight excluding hydrogens is 682 g/mol. The van der Waals surface area contributed by atoms with Crippen molar-refractivity contribution in [2.24, 2.45) is 0 Å². The summed E-state index contributed by atoms with van der Waals surface area (Å²) in [5.41, 5.74) is -0.289. The van der Waals surface area contributed by atoms with Gasteiger partial charge in [-0.25, -0.2) is 14.4 Å². The van der Waals surface area contributed by atoms with Crippen LogP contribution in [0.3, 0.4) is 0 Å². The van der Waals surface area contributed by atoms with Crippen molar-refractivity contribution in [1.82, 2.24) is 5.32 Å². The molecule has 0 radical (unpaired) electrons. The van der Waals surface area contributed by atoms with Crippen LogP contribution in [-0.4, -0.2) is 121 Å². The van der Waals surface area contributed by atoms with Gasteiger partial charge >= 0.3 is 24.0 Å². The Bertz CT molecular complexity index is 1530. The maximum absolute atomic E-state index is 13.9. The number of ether oxygens (including phenoxy) is 9. The fraction of sp³-hybridized carbons (Fsp3) is 0.515. The van der Waals surface area contributed by atoms with Crippen LogP contribution in [0, 0.1) is 0 Å². The molecule has 0 aliphatic carbocycles. The van der Waals surface area contributed by atoms with Gasteiger partial charge in [-0.05, 0) is 12.1 Å². The van der Waals surface area contributed by atoms with Crippen LogP contribution in [0.1, 0.15) is 35.6 Å². The number of alkyl carbamates (subject to hydrolysis) is 1. The number of aliphatic hydroxyl groups excluding tert-OH is 2. The molecule has 6 rings (SSSR count). The fourth-order valence-corrected chi connectivity index (χ4v) is 6.86. The Morgan fingerprint density at radius 2 is 1.74 bits per heavy atom. The van der Waals surface area contributed by atoms with Gasteiger partial charge in [0.15, 0.2) is 18.5 Å². The molecule has 50 heavy (non-hydrogen) atoms. The average molecular weight is 720 g/mol. The molecule has 0 aromatic heterocycles. The summed E-state index contributed by atoms with van der Waals surface area (Å²) in [5.74, 6) is -5.20. The SMILES string of the molecule is COC(=O)[C@@]1(OC2[C@@H]3OC(c4ccccc4)OCC3O[C@H](S)[C@@H]2OC(=O)c2ccccc2)C[C@H]2OC(=O)N[C@H]2C([C@H](OC(C)=O)[C@H](O)CO)O1. The summed E-state index contributed by atoms with van der Waals surface area (Å²) in [4.78, 5) is 51.9. The first-order chi connectivity index (χ1) is 24.0. The van der Waals surface area contributed by atoms with Crippen molar-refractivity contribution in [2.75, 3.05) is 20.3 Å². The summed E-state index contributed by atoms with van der Waals surface area (Å²) in [6, 6.07) is 16.0. The van der Waals surface area contributed by atoms with Crippen LogP contribution >= 0.6 is 12.6 Å². The number of nitrogens with one attached hydrogen (secondary N) is 1. The second kappa shape index (κ2) is 15.2. The standard InChI is InChI=1S/C33H37NO15S/c1-16(36)43-23(19(37)14-35)25-22-20(45-32(40)34-22)13-33(48-25,31(39)41-2)49-26-24-21(15-42-29(47-24)18-11-7-4-8-12-18)44-30(50)27(26)46-28(38)17-9-5-3-6-10-17/h3-12,19-27,29-30,35,37,50H,13-15H2,1-2H3,(H,34,40)/t19-,20-,21?,22-,23-,24-,25?,26?,27-,29?,30-,33+/m1/s1. The van der Waals surface area contributed by atoms with Crippen LogP contribution in [0.2, 0.25) is 0 Å². The number of fused-ring (bicyclic) bond motifs is 2. The number of carbonyl (C=O) groups excluding carboxylic acids is 4. The van der Waals surface area contributed by atoms with Gasteiger partial charge in [-0.15, -0.1) is 12.6 Å². The Morgan fingerprint density at radius 1 is 1.04 bits per heavy atom. The zero-order valence-corrected chi connectivity index (χ0v) is 27.8. The number of rotatable bonds is 10. The lowest BCUT2D eigenvalue weighted by molar-refractivity contribution is -0.372. The first kappa shape index (κ1) is 36.0. The quantitative estimate of drug-likeness (QED) is 0.152. The van der Waals surface area contributed by atoms with Gasteiger partial charge in [0, 0.05) is 12.5 Å². The van der Waals surface area contributed by atoms with E-state index in [4.69, 9.17) is 42.6 Å². The highest BCUT2D eigenvalue weighted by Crippen LogP contribution is 2.44. The lowest BCUT2D eigenvalue weighted by atomic mass is 9.88. The smallest absolute Gasteiger partial charge is 0.407 e. The molecule has 16 nitrogen and oxygen atoms in total. The molecule has 17 heteroatoms. The molecule has 4 unspecified atom stereocenters. The van der Waals surface area contributed by atoms with Crippen molar-refractivity contribution in [3.8, 4) is 0 Å². The fourth-order valence-electron chi connectivity index (χ4n) is 6.47. The molecule has 2 aromatic rings. The van der Waals surface area contributed by atoms with E-state index in [2.05, 4.69) is 17.9 Å². The summed E-state index contributed by atoms with van der Waals surface area (Å²) in [5, 5.41) is 23.1. The van der Waals surface area contributed by atoms with Crippen molar-refractivity contribution >= 4 is 36.6 Å². The highest BCUT2D eigenvalue weighted by Gasteiger charge is 2.64.